The van der Waals surface area contributed by atoms with Gasteiger partial charge in [0.2, 0.25) is 5.91 Å². The second kappa shape index (κ2) is 8.14. The summed E-state index contributed by atoms with van der Waals surface area (Å²) >= 11 is 0. The molecule has 7 heteroatoms. The summed E-state index contributed by atoms with van der Waals surface area (Å²) in [4.78, 5) is 30.0. The molecule has 2 fully saturated rings. The molecule has 0 spiro atoms. The first-order valence-electron chi connectivity index (χ1n) is 9.29. The molecule has 2 saturated heterocycles. The highest BCUT2D eigenvalue weighted by molar-refractivity contribution is 5.99. The first-order chi connectivity index (χ1) is 12.5. The fourth-order valence-electron chi connectivity index (χ4n) is 3.50. The summed E-state index contributed by atoms with van der Waals surface area (Å²) in [7, 11) is 0. The molecule has 0 aliphatic carbocycles. The SMILES string of the molecule is CCC(O)CN1CCN(C(=O)c2cc(N3CCCC3=O)ccc2F)CC1. The molecule has 2 amide bonds. The lowest BCUT2D eigenvalue weighted by Gasteiger charge is -2.35. The highest BCUT2D eigenvalue weighted by Crippen LogP contribution is 2.25. The number of hydrogen-bond acceptors (Lipinski definition) is 4. The first-order valence-corrected chi connectivity index (χ1v) is 9.29. The highest BCUT2D eigenvalue weighted by Gasteiger charge is 2.27. The van der Waals surface area contributed by atoms with E-state index in [9.17, 15) is 19.1 Å². The minimum Gasteiger partial charge on any atom is -0.392 e. The van der Waals surface area contributed by atoms with Gasteiger partial charge in [0.05, 0.1) is 11.7 Å². The molecule has 26 heavy (non-hydrogen) atoms. The molecule has 0 bridgehead atoms. The normalized spacial score (nSPS) is 19.9. The van der Waals surface area contributed by atoms with Gasteiger partial charge < -0.3 is 14.9 Å². The summed E-state index contributed by atoms with van der Waals surface area (Å²) in [6.07, 6.45) is 1.62. The lowest BCUT2D eigenvalue weighted by molar-refractivity contribution is -0.117. The predicted molar refractivity (Wildman–Crippen MR) is 96.6 cm³/mol. The van der Waals surface area contributed by atoms with E-state index in [-0.39, 0.29) is 23.5 Å². The van der Waals surface area contributed by atoms with Crippen molar-refractivity contribution in [2.45, 2.75) is 32.3 Å². The maximum atomic E-state index is 14.3. The van der Waals surface area contributed by atoms with Gasteiger partial charge in [0.1, 0.15) is 5.82 Å². The lowest BCUT2D eigenvalue weighted by atomic mass is 10.1. The Hall–Kier alpha value is -1.99. The number of aliphatic hydroxyl groups excluding tert-OH is 1. The number of aliphatic hydroxyl groups is 1. The average Bonchev–Trinajstić information content (AvgIpc) is 3.08. The van der Waals surface area contributed by atoms with E-state index < -0.39 is 5.82 Å². The largest absolute Gasteiger partial charge is 0.392 e. The van der Waals surface area contributed by atoms with Crippen LogP contribution in [0.25, 0.3) is 0 Å². The van der Waals surface area contributed by atoms with Crippen LogP contribution in [0.2, 0.25) is 0 Å². The van der Waals surface area contributed by atoms with Crippen molar-refractivity contribution in [1.82, 2.24) is 9.80 Å². The Morgan fingerprint density at radius 1 is 1.23 bits per heavy atom. The minimum atomic E-state index is -0.561. The van der Waals surface area contributed by atoms with Crippen molar-refractivity contribution >= 4 is 17.5 Å². The van der Waals surface area contributed by atoms with Crippen molar-refractivity contribution in [2.75, 3.05) is 44.2 Å². The number of benzene rings is 1. The fraction of sp³-hybridized carbons (Fsp3) is 0.579. The molecule has 2 aliphatic heterocycles. The van der Waals surface area contributed by atoms with Gasteiger partial charge >= 0.3 is 0 Å². The van der Waals surface area contributed by atoms with E-state index in [1.807, 2.05) is 6.92 Å². The summed E-state index contributed by atoms with van der Waals surface area (Å²) in [5.41, 5.74) is 0.603. The molecular formula is C19H26FN3O3. The van der Waals surface area contributed by atoms with Crippen LogP contribution in [0.4, 0.5) is 10.1 Å². The predicted octanol–water partition coefficient (Wildman–Crippen LogP) is 1.48. The van der Waals surface area contributed by atoms with Gasteiger partial charge in [-0.05, 0) is 31.0 Å². The number of hydrogen-bond donors (Lipinski definition) is 1. The van der Waals surface area contributed by atoms with Crippen LogP contribution in [-0.4, -0.2) is 72.1 Å². The van der Waals surface area contributed by atoms with E-state index in [2.05, 4.69) is 4.90 Å². The van der Waals surface area contributed by atoms with E-state index in [0.29, 0.717) is 57.8 Å². The van der Waals surface area contributed by atoms with Gasteiger partial charge in [-0.1, -0.05) is 6.92 Å². The first kappa shape index (κ1) is 18.8. The maximum Gasteiger partial charge on any atom is 0.256 e. The summed E-state index contributed by atoms with van der Waals surface area (Å²) < 4.78 is 14.3. The van der Waals surface area contributed by atoms with Crippen molar-refractivity contribution in [1.29, 1.82) is 0 Å². The molecule has 0 radical (unpaired) electrons. The van der Waals surface area contributed by atoms with E-state index in [1.54, 1.807) is 15.9 Å². The van der Waals surface area contributed by atoms with Crippen LogP contribution in [0.5, 0.6) is 0 Å². The number of amides is 2. The standard InChI is InChI=1S/C19H26FN3O3/c1-2-15(24)13-21-8-10-22(11-9-21)19(26)16-12-14(5-6-17(16)20)23-7-3-4-18(23)25/h5-6,12,15,24H,2-4,7-11,13H2,1H3. The maximum absolute atomic E-state index is 14.3. The van der Waals surface area contributed by atoms with Crippen molar-refractivity contribution in [3.8, 4) is 0 Å². The van der Waals surface area contributed by atoms with Gasteiger partial charge in [0, 0.05) is 51.4 Å². The quantitative estimate of drug-likeness (QED) is 0.861. The molecule has 142 valence electrons. The number of nitrogens with zero attached hydrogens (tertiary/aromatic N) is 3. The number of anilines is 1. The van der Waals surface area contributed by atoms with Crippen LogP contribution >= 0.6 is 0 Å². The number of rotatable bonds is 5. The van der Waals surface area contributed by atoms with Crippen LogP contribution in [0.3, 0.4) is 0 Å². The Labute approximate surface area is 153 Å². The van der Waals surface area contributed by atoms with Crippen LogP contribution < -0.4 is 4.90 Å². The van der Waals surface area contributed by atoms with Crippen molar-refractivity contribution in [3.63, 3.8) is 0 Å². The van der Waals surface area contributed by atoms with Gasteiger partial charge in [-0.2, -0.15) is 0 Å². The Morgan fingerprint density at radius 2 is 1.96 bits per heavy atom. The van der Waals surface area contributed by atoms with Crippen molar-refractivity contribution in [3.05, 3.63) is 29.6 Å². The van der Waals surface area contributed by atoms with Crippen molar-refractivity contribution < 1.29 is 19.1 Å². The van der Waals surface area contributed by atoms with Gasteiger partial charge in [0.25, 0.3) is 5.91 Å². The highest BCUT2D eigenvalue weighted by atomic mass is 19.1. The smallest absolute Gasteiger partial charge is 0.256 e. The zero-order valence-electron chi connectivity index (χ0n) is 15.2. The van der Waals surface area contributed by atoms with Gasteiger partial charge in [-0.15, -0.1) is 0 Å². The molecule has 1 aromatic rings. The van der Waals surface area contributed by atoms with Crippen LogP contribution in [0.15, 0.2) is 18.2 Å². The summed E-state index contributed by atoms with van der Waals surface area (Å²) in [6, 6.07) is 4.32. The Morgan fingerprint density at radius 3 is 2.58 bits per heavy atom. The molecule has 1 atom stereocenters. The van der Waals surface area contributed by atoms with Gasteiger partial charge in [0.15, 0.2) is 0 Å². The van der Waals surface area contributed by atoms with Gasteiger partial charge in [-0.3, -0.25) is 14.5 Å². The Bertz CT molecular complexity index is 674. The van der Waals surface area contributed by atoms with Crippen LogP contribution in [0.1, 0.15) is 36.5 Å². The zero-order valence-corrected chi connectivity index (χ0v) is 15.2. The fourth-order valence-corrected chi connectivity index (χ4v) is 3.50. The Kier molecular flexibility index (Phi) is 5.88. The molecule has 2 heterocycles. The number of halogens is 1. The van der Waals surface area contributed by atoms with Crippen LogP contribution in [-0.2, 0) is 4.79 Å². The van der Waals surface area contributed by atoms with E-state index in [0.717, 1.165) is 6.42 Å². The molecule has 1 aromatic carbocycles. The van der Waals surface area contributed by atoms with Gasteiger partial charge in [-0.25, -0.2) is 4.39 Å². The third-order valence-corrected chi connectivity index (χ3v) is 5.17. The number of β-amino-alcohol motifs (C(OH)–C–C–N with tert-alkyl or cyclic N) is 1. The number of carbonyl (C=O) groups excluding carboxylic acids is 2. The molecular weight excluding hydrogens is 337 g/mol. The summed E-state index contributed by atoms with van der Waals surface area (Å²) in [5, 5.41) is 9.75. The molecule has 1 unspecified atom stereocenters. The zero-order chi connectivity index (χ0) is 18.7. The number of carbonyl (C=O) groups is 2. The summed E-state index contributed by atoms with van der Waals surface area (Å²) in [5.74, 6) is -0.890. The minimum absolute atomic E-state index is 0.0121. The molecule has 3 rings (SSSR count). The molecule has 0 saturated carbocycles. The topological polar surface area (TPSA) is 64.1 Å². The average molecular weight is 363 g/mol. The van der Waals surface area contributed by atoms with E-state index >= 15 is 0 Å². The van der Waals surface area contributed by atoms with E-state index in [4.69, 9.17) is 0 Å². The molecule has 1 N–H and O–H groups in total. The van der Waals surface area contributed by atoms with Crippen molar-refractivity contribution in [2.24, 2.45) is 0 Å². The third-order valence-electron chi connectivity index (χ3n) is 5.17. The monoisotopic (exact) mass is 363 g/mol. The lowest BCUT2D eigenvalue weighted by Crippen LogP contribution is -2.50. The molecule has 6 nitrogen and oxygen atoms in total. The second-order valence-corrected chi connectivity index (χ2v) is 6.97. The molecule has 0 aromatic heterocycles. The summed E-state index contributed by atoms with van der Waals surface area (Å²) in [6.45, 7) is 5.47. The van der Waals surface area contributed by atoms with Crippen LogP contribution in [0, 0.1) is 5.82 Å². The molecule has 2 aliphatic rings. The van der Waals surface area contributed by atoms with E-state index in [1.165, 1.54) is 12.1 Å². The Balaban J connectivity index is 1.67. The third kappa shape index (κ3) is 4.04. The number of piperazine rings is 1. The second-order valence-electron chi connectivity index (χ2n) is 6.97.